The lowest BCUT2D eigenvalue weighted by Crippen LogP contribution is -2.28. The topological polar surface area (TPSA) is 24.5 Å². The second kappa shape index (κ2) is 6.50. The highest BCUT2D eigenvalue weighted by molar-refractivity contribution is 5.70. The van der Waals surface area contributed by atoms with Crippen molar-refractivity contribution in [2.24, 2.45) is 0 Å². The summed E-state index contributed by atoms with van der Waals surface area (Å²) in [7, 11) is 0. The first kappa shape index (κ1) is 12.2. The smallest absolute Gasteiger partial charge is 0.0641 e. The first-order valence-corrected chi connectivity index (χ1v) is 6.57. The molecule has 0 amide bonds. The number of rotatable bonds is 5. The number of ether oxygens (including phenoxy) is 1. The van der Waals surface area contributed by atoms with E-state index in [0.29, 0.717) is 0 Å². The molecule has 1 aromatic carbocycles. The number of hydrogen-bond donors (Lipinski definition) is 1. The molecular weight excluding hydrogens is 212 g/mol. The van der Waals surface area contributed by atoms with Gasteiger partial charge in [0.1, 0.15) is 0 Å². The fourth-order valence-corrected chi connectivity index (χ4v) is 2.17. The van der Waals surface area contributed by atoms with Crippen LogP contribution in [0.3, 0.4) is 0 Å². The highest BCUT2D eigenvalue weighted by Crippen LogP contribution is 2.27. The number of anilines is 2. The van der Waals surface area contributed by atoms with Gasteiger partial charge >= 0.3 is 0 Å². The quantitative estimate of drug-likeness (QED) is 0.793. The second-order valence-electron chi connectivity index (χ2n) is 4.40. The van der Waals surface area contributed by atoms with Gasteiger partial charge in [0.25, 0.3) is 0 Å². The average molecular weight is 234 g/mol. The van der Waals surface area contributed by atoms with Gasteiger partial charge in [-0.15, -0.1) is 0 Å². The Morgan fingerprint density at radius 1 is 1.29 bits per heavy atom. The van der Waals surface area contributed by atoms with Crippen LogP contribution in [0.15, 0.2) is 24.3 Å². The minimum absolute atomic E-state index is 0.822. The molecule has 1 aliphatic rings. The van der Waals surface area contributed by atoms with E-state index < -0.39 is 0 Å². The molecule has 1 heterocycles. The van der Waals surface area contributed by atoms with Gasteiger partial charge in [0, 0.05) is 26.2 Å². The lowest BCUT2D eigenvalue weighted by Gasteiger charge is -2.24. The van der Waals surface area contributed by atoms with E-state index in [-0.39, 0.29) is 0 Å². The maximum absolute atomic E-state index is 5.58. The van der Waals surface area contributed by atoms with Crippen LogP contribution in [0.2, 0.25) is 0 Å². The van der Waals surface area contributed by atoms with E-state index in [1.54, 1.807) is 0 Å². The third kappa shape index (κ3) is 3.37. The first-order valence-electron chi connectivity index (χ1n) is 6.57. The Morgan fingerprint density at radius 3 is 3.06 bits per heavy atom. The summed E-state index contributed by atoms with van der Waals surface area (Å²) in [4.78, 5) is 2.42. The molecule has 0 atom stereocenters. The summed E-state index contributed by atoms with van der Waals surface area (Å²) in [6, 6.07) is 8.53. The maximum Gasteiger partial charge on any atom is 0.0641 e. The Hall–Kier alpha value is -1.22. The number of fused-ring (bicyclic) bond motifs is 1. The fourth-order valence-electron chi connectivity index (χ4n) is 2.17. The summed E-state index contributed by atoms with van der Waals surface area (Å²) < 4.78 is 5.58. The largest absolute Gasteiger partial charge is 0.383 e. The standard InChI is InChI=1S/C14H22N2O/c1-2-11-17-12-10-16-9-5-8-15-13-6-3-4-7-14(13)16/h3-4,6-7,15H,2,5,8-12H2,1H3. The highest BCUT2D eigenvalue weighted by Gasteiger charge is 2.13. The number of nitrogens with zero attached hydrogens (tertiary/aromatic N) is 1. The Morgan fingerprint density at radius 2 is 2.18 bits per heavy atom. The Bertz CT molecular complexity index is 341. The van der Waals surface area contributed by atoms with E-state index in [2.05, 4.69) is 41.4 Å². The molecule has 0 saturated carbocycles. The van der Waals surface area contributed by atoms with Gasteiger partial charge in [-0.05, 0) is 25.0 Å². The van der Waals surface area contributed by atoms with Gasteiger partial charge in [-0.1, -0.05) is 19.1 Å². The Kier molecular flexibility index (Phi) is 4.68. The average Bonchev–Trinajstić information content (AvgIpc) is 2.57. The Labute approximate surface area is 104 Å². The van der Waals surface area contributed by atoms with Crippen molar-refractivity contribution in [3.8, 4) is 0 Å². The normalized spacial score (nSPS) is 15.0. The number of hydrogen-bond acceptors (Lipinski definition) is 3. The molecule has 3 heteroatoms. The summed E-state index contributed by atoms with van der Waals surface area (Å²) >= 11 is 0. The molecule has 94 valence electrons. The molecule has 0 bridgehead atoms. The predicted octanol–water partition coefficient (Wildman–Crippen LogP) is 2.74. The zero-order valence-electron chi connectivity index (χ0n) is 10.6. The first-order chi connectivity index (χ1) is 8.42. The van der Waals surface area contributed by atoms with E-state index in [4.69, 9.17) is 4.74 Å². The van der Waals surface area contributed by atoms with Gasteiger partial charge in [-0.3, -0.25) is 0 Å². The van der Waals surface area contributed by atoms with Crippen molar-refractivity contribution in [3.63, 3.8) is 0 Å². The number of para-hydroxylation sites is 2. The lowest BCUT2D eigenvalue weighted by atomic mass is 10.2. The molecule has 2 rings (SSSR count). The van der Waals surface area contributed by atoms with Crippen molar-refractivity contribution in [2.45, 2.75) is 19.8 Å². The van der Waals surface area contributed by atoms with Crippen molar-refractivity contribution in [1.29, 1.82) is 0 Å². The van der Waals surface area contributed by atoms with E-state index in [9.17, 15) is 0 Å². The van der Waals surface area contributed by atoms with Crippen molar-refractivity contribution in [2.75, 3.05) is 43.1 Å². The molecule has 0 saturated heterocycles. The summed E-state index contributed by atoms with van der Waals surface area (Å²) in [6.45, 7) is 6.99. The second-order valence-corrected chi connectivity index (χ2v) is 4.40. The van der Waals surface area contributed by atoms with Crippen LogP contribution in [0.4, 0.5) is 11.4 Å². The van der Waals surface area contributed by atoms with Crippen LogP contribution in [0.5, 0.6) is 0 Å². The van der Waals surface area contributed by atoms with Crippen LogP contribution in [0, 0.1) is 0 Å². The van der Waals surface area contributed by atoms with Gasteiger partial charge < -0.3 is 15.0 Å². The molecule has 0 unspecified atom stereocenters. The van der Waals surface area contributed by atoms with Gasteiger partial charge in [0.2, 0.25) is 0 Å². The van der Waals surface area contributed by atoms with Gasteiger partial charge in [-0.25, -0.2) is 0 Å². The highest BCUT2D eigenvalue weighted by atomic mass is 16.5. The van der Waals surface area contributed by atoms with Gasteiger partial charge in [-0.2, -0.15) is 0 Å². The molecule has 17 heavy (non-hydrogen) atoms. The molecule has 0 aliphatic carbocycles. The van der Waals surface area contributed by atoms with E-state index in [1.807, 2.05) is 0 Å². The molecule has 0 radical (unpaired) electrons. The summed E-state index contributed by atoms with van der Waals surface area (Å²) in [5, 5.41) is 3.47. The molecule has 3 nitrogen and oxygen atoms in total. The summed E-state index contributed by atoms with van der Waals surface area (Å²) in [6.07, 6.45) is 2.28. The fraction of sp³-hybridized carbons (Fsp3) is 0.571. The third-order valence-electron chi connectivity index (χ3n) is 3.02. The van der Waals surface area contributed by atoms with Gasteiger partial charge in [0.05, 0.1) is 18.0 Å². The molecule has 1 N–H and O–H groups in total. The minimum Gasteiger partial charge on any atom is -0.383 e. The van der Waals surface area contributed by atoms with Crippen LogP contribution in [-0.2, 0) is 4.74 Å². The van der Waals surface area contributed by atoms with Crippen molar-refractivity contribution >= 4 is 11.4 Å². The van der Waals surface area contributed by atoms with Crippen molar-refractivity contribution < 1.29 is 4.74 Å². The molecular formula is C14H22N2O. The maximum atomic E-state index is 5.58. The van der Waals surface area contributed by atoms with Crippen LogP contribution in [0.1, 0.15) is 19.8 Å². The zero-order valence-corrected chi connectivity index (χ0v) is 10.6. The van der Waals surface area contributed by atoms with Crippen LogP contribution < -0.4 is 10.2 Å². The van der Waals surface area contributed by atoms with Gasteiger partial charge in [0.15, 0.2) is 0 Å². The molecule has 0 fully saturated rings. The Balaban J connectivity index is 1.97. The van der Waals surface area contributed by atoms with Crippen LogP contribution >= 0.6 is 0 Å². The third-order valence-corrected chi connectivity index (χ3v) is 3.02. The monoisotopic (exact) mass is 234 g/mol. The molecule has 0 spiro atoms. The van der Waals surface area contributed by atoms with Crippen molar-refractivity contribution in [3.05, 3.63) is 24.3 Å². The molecule has 1 aliphatic heterocycles. The number of nitrogens with one attached hydrogen (secondary N) is 1. The summed E-state index contributed by atoms with van der Waals surface area (Å²) in [5.74, 6) is 0. The van der Waals surface area contributed by atoms with Crippen LogP contribution in [0.25, 0.3) is 0 Å². The molecule has 0 aromatic heterocycles. The minimum atomic E-state index is 0.822. The number of benzene rings is 1. The molecule has 1 aromatic rings. The predicted molar refractivity (Wildman–Crippen MR) is 72.9 cm³/mol. The summed E-state index contributed by atoms with van der Waals surface area (Å²) in [5.41, 5.74) is 2.56. The van der Waals surface area contributed by atoms with E-state index in [0.717, 1.165) is 39.3 Å². The van der Waals surface area contributed by atoms with Crippen LogP contribution in [-0.4, -0.2) is 32.8 Å². The SMILES string of the molecule is CCCOCCN1CCCNc2ccccc21. The van der Waals surface area contributed by atoms with E-state index >= 15 is 0 Å². The lowest BCUT2D eigenvalue weighted by molar-refractivity contribution is 0.141. The zero-order chi connectivity index (χ0) is 11.9. The van der Waals surface area contributed by atoms with Crippen molar-refractivity contribution in [1.82, 2.24) is 0 Å². The van der Waals surface area contributed by atoms with E-state index in [1.165, 1.54) is 17.8 Å².